The normalized spacial score (nSPS) is 11.4. The zero-order valence-electron chi connectivity index (χ0n) is 13.2. The molecule has 0 aliphatic carbocycles. The summed E-state index contributed by atoms with van der Waals surface area (Å²) >= 11 is 0. The summed E-state index contributed by atoms with van der Waals surface area (Å²) in [4.78, 5) is 0. The highest BCUT2D eigenvalue weighted by Crippen LogP contribution is 2.33. The van der Waals surface area contributed by atoms with E-state index in [4.69, 9.17) is 14.2 Å². The molecule has 116 valence electrons. The van der Waals surface area contributed by atoms with Gasteiger partial charge in [0.15, 0.2) is 0 Å². The van der Waals surface area contributed by atoms with E-state index in [1.54, 1.807) is 0 Å². The molecule has 0 unspecified atom stereocenters. The predicted molar refractivity (Wildman–Crippen MR) is 84.9 cm³/mol. The molecular weight excluding hydrogens is 259 g/mol. The lowest BCUT2D eigenvalue weighted by Crippen LogP contribution is -2.11. The van der Waals surface area contributed by atoms with Crippen LogP contribution in [0.4, 0.5) is 0 Å². The Balaban J connectivity index is 3.02. The maximum absolute atomic E-state index is 5.58. The van der Waals surface area contributed by atoms with Crippen LogP contribution in [0.15, 0.2) is 0 Å². The van der Waals surface area contributed by atoms with Crippen LogP contribution in [0, 0.1) is 0 Å². The number of rotatable bonds is 15. The molecule has 0 N–H and O–H groups in total. The first-order chi connectivity index (χ1) is 9.35. The van der Waals surface area contributed by atoms with Gasteiger partial charge in [-0.1, -0.05) is 33.6 Å². The smallest absolute Gasteiger partial charge is 0.0701 e. The number of hydrogen-bond acceptors (Lipinski definition) is 3. The molecule has 0 fully saturated rings. The number of ether oxygens (including phenoxy) is 3. The van der Waals surface area contributed by atoms with Crippen LogP contribution in [0.2, 0.25) is 0 Å². The summed E-state index contributed by atoms with van der Waals surface area (Å²) in [5, 5.41) is 0. The Hall–Kier alpha value is 0.310. The molecule has 0 atom stereocenters. The third kappa shape index (κ3) is 14.5. The van der Waals surface area contributed by atoms with Crippen molar-refractivity contribution >= 4 is 7.92 Å². The maximum Gasteiger partial charge on any atom is 0.0701 e. The first kappa shape index (κ1) is 19.3. The van der Waals surface area contributed by atoms with Crippen molar-refractivity contribution in [2.24, 2.45) is 0 Å². The second kappa shape index (κ2) is 16.4. The van der Waals surface area contributed by atoms with Crippen molar-refractivity contribution in [3.63, 3.8) is 0 Å². The summed E-state index contributed by atoms with van der Waals surface area (Å²) in [6.45, 7) is 11.3. The van der Waals surface area contributed by atoms with Crippen LogP contribution >= 0.6 is 7.92 Å². The van der Waals surface area contributed by atoms with Crippen LogP contribution in [0.5, 0.6) is 0 Å². The van der Waals surface area contributed by atoms with Crippen molar-refractivity contribution in [3.8, 4) is 0 Å². The molecule has 0 aromatic carbocycles. The van der Waals surface area contributed by atoms with E-state index in [0.717, 1.165) is 19.6 Å². The highest BCUT2D eigenvalue weighted by atomic mass is 31.1. The van der Waals surface area contributed by atoms with E-state index in [-0.39, 0.29) is 7.92 Å². The number of unbranched alkanes of at least 4 members (excludes halogenated alkanes) is 2. The molecule has 0 aromatic heterocycles. The molecule has 4 heteroatoms. The fourth-order valence-electron chi connectivity index (χ4n) is 1.73. The van der Waals surface area contributed by atoms with Crippen molar-refractivity contribution in [3.05, 3.63) is 0 Å². The average molecular weight is 292 g/mol. The molecule has 0 heterocycles. The molecular formula is C15H33O3P. The Labute approximate surface area is 121 Å². The van der Waals surface area contributed by atoms with E-state index < -0.39 is 0 Å². The number of hydrogen-bond donors (Lipinski definition) is 0. The largest absolute Gasteiger partial charge is 0.379 e. The van der Waals surface area contributed by atoms with Crippen LogP contribution in [0.3, 0.4) is 0 Å². The quantitative estimate of drug-likeness (QED) is 0.340. The Kier molecular flexibility index (Phi) is 16.6. The van der Waals surface area contributed by atoms with Gasteiger partial charge in [0.25, 0.3) is 0 Å². The van der Waals surface area contributed by atoms with Crippen molar-refractivity contribution in [1.82, 2.24) is 0 Å². The molecule has 0 saturated heterocycles. The van der Waals surface area contributed by atoms with Crippen LogP contribution in [-0.4, -0.2) is 58.1 Å². The van der Waals surface area contributed by atoms with Crippen molar-refractivity contribution < 1.29 is 14.2 Å². The third-order valence-corrected chi connectivity index (χ3v) is 5.69. The minimum atomic E-state index is 0.220. The molecule has 19 heavy (non-hydrogen) atoms. The second-order valence-electron chi connectivity index (χ2n) is 4.57. The van der Waals surface area contributed by atoms with Gasteiger partial charge in [0.2, 0.25) is 0 Å². The second-order valence-corrected chi connectivity index (χ2v) is 7.62. The van der Waals surface area contributed by atoms with Gasteiger partial charge in [0.1, 0.15) is 0 Å². The van der Waals surface area contributed by atoms with Gasteiger partial charge >= 0.3 is 0 Å². The first-order valence-corrected chi connectivity index (χ1v) is 9.70. The predicted octanol–water partition coefficient (Wildman–Crippen LogP) is 3.75. The molecule has 0 saturated carbocycles. The van der Waals surface area contributed by atoms with Gasteiger partial charge in [-0.05, 0) is 24.9 Å². The summed E-state index contributed by atoms with van der Waals surface area (Å²) < 4.78 is 16.5. The lowest BCUT2D eigenvalue weighted by atomic mass is 10.3. The van der Waals surface area contributed by atoms with E-state index >= 15 is 0 Å². The van der Waals surface area contributed by atoms with Gasteiger partial charge < -0.3 is 14.2 Å². The van der Waals surface area contributed by atoms with E-state index in [9.17, 15) is 0 Å². The van der Waals surface area contributed by atoms with Gasteiger partial charge in [-0.2, -0.15) is 0 Å². The van der Waals surface area contributed by atoms with Crippen molar-refractivity contribution in [2.75, 3.05) is 58.1 Å². The van der Waals surface area contributed by atoms with Gasteiger partial charge in [-0.25, -0.2) is 0 Å². The topological polar surface area (TPSA) is 27.7 Å². The molecule has 0 aromatic rings. The Bertz CT molecular complexity index is 163. The van der Waals surface area contributed by atoms with Gasteiger partial charge in [-0.15, -0.1) is 7.92 Å². The van der Waals surface area contributed by atoms with Crippen molar-refractivity contribution in [2.45, 2.75) is 40.0 Å². The third-order valence-electron chi connectivity index (χ3n) is 3.08. The zero-order valence-corrected chi connectivity index (χ0v) is 14.1. The SMILES string of the molecule is CCCCCOCCOCCOCCP(CC)CC. The molecule has 0 rings (SSSR count). The molecule has 0 bridgehead atoms. The summed E-state index contributed by atoms with van der Waals surface area (Å²) in [5.41, 5.74) is 0. The lowest BCUT2D eigenvalue weighted by molar-refractivity contribution is 0.0166. The van der Waals surface area contributed by atoms with E-state index in [1.165, 1.54) is 31.3 Å². The summed E-state index contributed by atoms with van der Waals surface area (Å²) in [5.74, 6) is 0. The minimum Gasteiger partial charge on any atom is -0.379 e. The van der Waals surface area contributed by atoms with Crippen LogP contribution in [-0.2, 0) is 14.2 Å². The molecule has 0 spiro atoms. The fraction of sp³-hybridized carbons (Fsp3) is 1.00. The van der Waals surface area contributed by atoms with Crippen LogP contribution < -0.4 is 0 Å². The molecule has 0 amide bonds. The van der Waals surface area contributed by atoms with Gasteiger partial charge in [0.05, 0.1) is 33.0 Å². The van der Waals surface area contributed by atoms with Crippen LogP contribution in [0.25, 0.3) is 0 Å². The van der Waals surface area contributed by atoms with Gasteiger partial charge in [0, 0.05) is 6.61 Å². The zero-order chi connectivity index (χ0) is 14.2. The monoisotopic (exact) mass is 292 g/mol. The summed E-state index contributed by atoms with van der Waals surface area (Å²) in [7, 11) is 0.220. The molecule has 0 radical (unpaired) electrons. The van der Waals surface area contributed by atoms with E-state index in [1.807, 2.05) is 0 Å². The molecule has 0 aliphatic heterocycles. The molecule has 3 nitrogen and oxygen atoms in total. The van der Waals surface area contributed by atoms with Gasteiger partial charge in [-0.3, -0.25) is 0 Å². The van der Waals surface area contributed by atoms with Crippen LogP contribution in [0.1, 0.15) is 40.0 Å². The highest BCUT2D eigenvalue weighted by molar-refractivity contribution is 7.57. The minimum absolute atomic E-state index is 0.220. The first-order valence-electron chi connectivity index (χ1n) is 7.80. The Morgan fingerprint density at radius 2 is 1.16 bits per heavy atom. The lowest BCUT2D eigenvalue weighted by Gasteiger charge is -2.13. The average Bonchev–Trinajstić information content (AvgIpc) is 2.44. The highest BCUT2D eigenvalue weighted by Gasteiger charge is 2.01. The Morgan fingerprint density at radius 1 is 0.632 bits per heavy atom. The standard InChI is InChI=1S/C15H33O3P/c1-4-7-8-9-16-10-11-17-12-13-18-14-15-19(5-2)6-3/h4-15H2,1-3H3. The Morgan fingerprint density at radius 3 is 1.68 bits per heavy atom. The maximum atomic E-state index is 5.58. The molecule has 0 aliphatic rings. The van der Waals surface area contributed by atoms with E-state index in [0.29, 0.717) is 26.4 Å². The summed E-state index contributed by atoms with van der Waals surface area (Å²) in [6, 6.07) is 0. The summed E-state index contributed by atoms with van der Waals surface area (Å²) in [6.07, 6.45) is 7.55. The van der Waals surface area contributed by atoms with Crippen molar-refractivity contribution in [1.29, 1.82) is 0 Å². The van der Waals surface area contributed by atoms with E-state index in [2.05, 4.69) is 20.8 Å². The fourth-order valence-corrected chi connectivity index (χ4v) is 3.20.